The highest BCUT2D eigenvalue weighted by Crippen LogP contribution is 2.49. The van der Waals surface area contributed by atoms with E-state index in [0.29, 0.717) is 35.5 Å². The Bertz CT molecular complexity index is 879. The van der Waals surface area contributed by atoms with Crippen molar-refractivity contribution in [1.29, 1.82) is 0 Å². The molecule has 2 unspecified atom stereocenters. The molecule has 1 aromatic carbocycles. The topological polar surface area (TPSA) is 91.4 Å². The van der Waals surface area contributed by atoms with E-state index in [-0.39, 0.29) is 48.1 Å². The van der Waals surface area contributed by atoms with Crippen LogP contribution in [0.3, 0.4) is 0 Å². The molecule has 28 heavy (non-hydrogen) atoms. The lowest BCUT2D eigenvalue weighted by Crippen LogP contribution is -2.31. The fourth-order valence-electron chi connectivity index (χ4n) is 4.33. The first-order valence-corrected chi connectivity index (χ1v) is 9.04. The first-order chi connectivity index (χ1) is 13.5. The molecule has 0 N–H and O–H groups in total. The second kappa shape index (κ2) is 6.85. The van der Waals surface area contributed by atoms with Crippen molar-refractivity contribution in [3.05, 3.63) is 28.8 Å². The van der Waals surface area contributed by atoms with Gasteiger partial charge in [0.15, 0.2) is 11.5 Å². The highest BCUT2D eigenvalue weighted by molar-refractivity contribution is 6.06. The largest absolute Gasteiger partial charge is 0.492 e. The van der Waals surface area contributed by atoms with Crippen molar-refractivity contribution in [2.75, 3.05) is 21.3 Å². The minimum atomic E-state index is -0.539. The zero-order chi connectivity index (χ0) is 20.0. The van der Waals surface area contributed by atoms with E-state index in [2.05, 4.69) is 0 Å². The number of amides is 2. The smallest absolute Gasteiger partial charge is 0.339 e. The number of carbonyl (C=O) groups excluding carboxylic acids is 3. The molecule has 148 valence electrons. The molecule has 1 saturated heterocycles. The molecule has 1 aliphatic carbocycles. The maximum absolute atomic E-state index is 12.9. The van der Waals surface area contributed by atoms with Gasteiger partial charge in [-0.1, -0.05) is 12.2 Å². The molecule has 0 radical (unpaired) electrons. The zero-order valence-electron chi connectivity index (χ0n) is 15.9. The average Bonchev–Trinajstić information content (AvgIpc) is 3.21. The lowest BCUT2D eigenvalue weighted by Gasteiger charge is -2.22. The number of benzene rings is 1. The minimum absolute atomic E-state index is 0.0295. The summed E-state index contributed by atoms with van der Waals surface area (Å²) in [6.07, 6.45) is 4.97. The number of carbonyl (C=O) groups is 3. The molecule has 0 aromatic heterocycles. The number of ether oxygens (including phenoxy) is 4. The third-order valence-electron chi connectivity index (χ3n) is 5.64. The minimum Gasteiger partial charge on any atom is -0.492 e. The van der Waals surface area contributed by atoms with Crippen molar-refractivity contribution < 1.29 is 33.3 Å². The van der Waals surface area contributed by atoms with Gasteiger partial charge in [0.25, 0.3) is 0 Å². The number of imide groups is 1. The summed E-state index contributed by atoms with van der Waals surface area (Å²) in [6, 6.07) is 0. The van der Waals surface area contributed by atoms with Gasteiger partial charge in [-0.25, -0.2) is 4.79 Å². The molecule has 3 aliphatic rings. The van der Waals surface area contributed by atoms with Crippen LogP contribution in [-0.2, 0) is 27.5 Å². The van der Waals surface area contributed by atoms with E-state index in [0.717, 1.165) is 0 Å². The molecule has 1 fully saturated rings. The van der Waals surface area contributed by atoms with Crippen molar-refractivity contribution in [1.82, 2.24) is 4.90 Å². The van der Waals surface area contributed by atoms with Crippen LogP contribution in [0.1, 0.15) is 34.3 Å². The van der Waals surface area contributed by atoms with Crippen LogP contribution in [0.4, 0.5) is 0 Å². The maximum atomic E-state index is 12.9. The van der Waals surface area contributed by atoms with Crippen LogP contribution >= 0.6 is 0 Å². The summed E-state index contributed by atoms with van der Waals surface area (Å²) in [5, 5.41) is 0. The van der Waals surface area contributed by atoms with Gasteiger partial charge < -0.3 is 18.9 Å². The van der Waals surface area contributed by atoms with Gasteiger partial charge in [0.05, 0.1) is 50.8 Å². The summed E-state index contributed by atoms with van der Waals surface area (Å²) < 4.78 is 21.6. The number of hydrogen-bond acceptors (Lipinski definition) is 7. The van der Waals surface area contributed by atoms with E-state index in [1.165, 1.54) is 26.2 Å². The number of allylic oxidation sites excluding steroid dienone is 2. The molecular formula is C20H21NO7. The molecule has 0 bridgehead atoms. The van der Waals surface area contributed by atoms with Gasteiger partial charge in [-0.05, 0) is 12.8 Å². The van der Waals surface area contributed by atoms with Crippen molar-refractivity contribution in [3.63, 3.8) is 0 Å². The van der Waals surface area contributed by atoms with E-state index in [1.54, 1.807) is 0 Å². The van der Waals surface area contributed by atoms with Crippen LogP contribution in [0.5, 0.6) is 17.2 Å². The monoisotopic (exact) mass is 387 g/mol. The van der Waals surface area contributed by atoms with Gasteiger partial charge in [-0.3, -0.25) is 14.5 Å². The van der Waals surface area contributed by atoms with Gasteiger partial charge >= 0.3 is 5.97 Å². The number of hydrogen-bond donors (Lipinski definition) is 0. The zero-order valence-corrected chi connectivity index (χ0v) is 15.9. The van der Waals surface area contributed by atoms with E-state index in [1.807, 2.05) is 12.2 Å². The SMILES string of the molecule is COc1c2c(c(CN3C(=O)C4CC=CCC4C3=O)c(OC)c1OC)C(=O)OC2. The van der Waals surface area contributed by atoms with Crippen molar-refractivity contribution >= 4 is 17.8 Å². The van der Waals surface area contributed by atoms with Gasteiger partial charge in [0.1, 0.15) is 6.61 Å². The molecule has 2 amide bonds. The Labute approximate surface area is 162 Å². The summed E-state index contributed by atoms with van der Waals surface area (Å²) in [5.74, 6) is -0.774. The van der Waals surface area contributed by atoms with E-state index < -0.39 is 5.97 Å². The predicted molar refractivity (Wildman–Crippen MR) is 96.1 cm³/mol. The van der Waals surface area contributed by atoms with Crippen molar-refractivity contribution in [2.24, 2.45) is 11.8 Å². The number of likely N-dealkylation sites (tertiary alicyclic amines) is 1. The fourth-order valence-corrected chi connectivity index (χ4v) is 4.33. The second-order valence-electron chi connectivity index (χ2n) is 6.93. The van der Waals surface area contributed by atoms with Gasteiger partial charge in [0, 0.05) is 5.56 Å². The summed E-state index contributed by atoms with van der Waals surface area (Å²) in [7, 11) is 4.36. The van der Waals surface area contributed by atoms with Crippen LogP contribution in [0.2, 0.25) is 0 Å². The first kappa shape index (κ1) is 18.3. The van der Waals surface area contributed by atoms with Crippen LogP contribution in [0.25, 0.3) is 0 Å². The number of rotatable bonds is 5. The highest BCUT2D eigenvalue weighted by Gasteiger charge is 2.48. The second-order valence-corrected chi connectivity index (χ2v) is 6.93. The lowest BCUT2D eigenvalue weighted by molar-refractivity contribution is -0.140. The molecule has 4 rings (SSSR count). The van der Waals surface area contributed by atoms with E-state index in [4.69, 9.17) is 18.9 Å². The highest BCUT2D eigenvalue weighted by atomic mass is 16.5. The summed E-state index contributed by atoms with van der Waals surface area (Å²) in [6.45, 7) is -0.0482. The number of fused-ring (bicyclic) bond motifs is 2. The Morgan fingerprint density at radius 2 is 1.50 bits per heavy atom. The Hall–Kier alpha value is -3.03. The Kier molecular flexibility index (Phi) is 4.49. The van der Waals surface area contributed by atoms with Crippen LogP contribution in [0.15, 0.2) is 12.2 Å². The van der Waals surface area contributed by atoms with Crippen molar-refractivity contribution in [2.45, 2.75) is 26.0 Å². The molecule has 8 heteroatoms. The summed E-state index contributed by atoms with van der Waals surface area (Å²) in [5.41, 5.74) is 1.19. The summed E-state index contributed by atoms with van der Waals surface area (Å²) in [4.78, 5) is 39.4. The Morgan fingerprint density at radius 1 is 0.929 bits per heavy atom. The molecule has 0 saturated carbocycles. The Balaban J connectivity index is 1.82. The maximum Gasteiger partial charge on any atom is 0.339 e. The molecule has 2 heterocycles. The number of esters is 1. The van der Waals surface area contributed by atoms with E-state index in [9.17, 15) is 14.4 Å². The quantitative estimate of drug-likeness (QED) is 0.432. The molecular weight excluding hydrogens is 366 g/mol. The molecule has 2 atom stereocenters. The molecule has 1 aromatic rings. The fraction of sp³-hybridized carbons (Fsp3) is 0.450. The van der Waals surface area contributed by atoms with Crippen LogP contribution in [-0.4, -0.2) is 44.0 Å². The van der Waals surface area contributed by atoms with Crippen LogP contribution < -0.4 is 14.2 Å². The standard InChI is InChI=1S/C20H21NO7/c1-25-15-12(8-21-18(22)10-6-4-5-7-11(10)19(21)23)14-13(9-28-20(14)24)16(26-2)17(15)27-3/h4-5,10-11H,6-9H2,1-3H3. The number of methoxy groups -OCH3 is 3. The van der Waals surface area contributed by atoms with Gasteiger partial charge in [-0.2, -0.15) is 0 Å². The Morgan fingerprint density at radius 3 is 2.04 bits per heavy atom. The third-order valence-corrected chi connectivity index (χ3v) is 5.64. The summed E-state index contributed by atoms with van der Waals surface area (Å²) >= 11 is 0. The first-order valence-electron chi connectivity index (χ1n) is 9.04. The number of cyclic esters (lactones) is 1. The molecule has 8 nitrogen and oxygen atoms in total. The van der Waals surface area contributed by atoms with Crippen LogP contribution in [0, 0.1) is 11.8 Å². The van der Waals surface area contributed by atoms with E-state index >= 15 is 0 Å². The average molecular weight is 387 g/mol. The van der Waals surface area contributed by atoms with Gasteiger partial charge in [-0.15, -0.1) is 0 Å². The van der Waals surface area contributed by atoms with Gasteiger partial charge in [0.2, 0.25) is 17.6 Å². The predicted octanol–water partition coefficient (Wildman–Crippen LogP) is 1.83. The normalized spacial score (nSPS) is 22.8. The van der Waals surface area contributed by atoms with Crippen molar-refractivity contribution in [3.8, 4) is 17.2 Å². The number of nitrogens with zero attached hydrogens (tertiary/aromatic N) is 1. The lowest BCUT2D eigenvalue weighted by atomic mass is 9.85. The molecule has 2 aliphatic heterocycles. The third kappa shape index (κ3) is 2.47. The molecule has 0 spiro atoms.